The van der Waals surface area contributed by atoms with Crippen molar-refractivity contribution in [3.8, 4) is 0 Å². The zero-order valence-corrected chi connectivity index (χ0v) is 11.1. The van der Waals surface area contributed by atoms with Crippen LogP contribution in [0.2, 0.25) is 0 Å². The van der Waals surface area contributed by atoms with Gasteiger partial charge in [0.1, 0.15) is 6.61 Å². The summed E-state index contributed by atoms with van der Waals surface area (Å²) < 4.78 is 4.81. The van der Waals surface area contributed by atoms with E-state index in [-0.39, 0.29) is 19.1 Å². The Morgan fingerprint density at radius 1 is 1.41 bits per heavy atom. The Morgan fingerprint density at radius 3 is 2.88 bits per heavy atom. The van der Waals surface area contributed by atoms with Crippen LogP contribution in [0.1, 0.15) is 6.42 Å². The molecule has 1 aliphatic rings. The van der Waals surface area contributed by atoms with Crippen molar-refractivity contribution in [2.45, 2.75) is 11.7 Å². The Kier molecular flexibility index (Phi) is 7.46. The second-order valence-corrected chi connectivity index (χ2v) is 6.13. The molecule has 1 atom stereocenters. The largest absolute Gasteiger partial charge is 0.480 e. The first-order chi connectivity index (χ1) is 8.18. The van der Waals surface area contributed by atoms with Gasteiger partial charge in [0.15, 0.2) is 0 Å². The second kappa shape index (κ2) is 8.66. The maximum absolute atomic E-state index is 11.5. The zero-order chi connectivity index (χ0) is 12.5. The zero-order valence-electron chi connectivity index (χ0n) is 9.52. The number of carbonyl (C=O) groups excluding carboxylic acids is 1. The number of carboxylic acid groups (broad SMARTS) is 1. The highest BCUT2D eigenvalue weighted by Crippen LogP contribution is 2.25. The lowest BCUT2D eigenvalue weighted by atomic mass is 10.3. The summed E-state index contributed by atoms with van der Waals surface area (Å²) in [5.41, 5.74) is 0. The maximum atomic E-state index is 11.5. The van der Waals surface area contributed by atoms with Crippen molar-refractivity contribution in [3.63, 3.8) is 0 Å². The SMILES string of the molecule is O=C(O)COCCNC(=O)CC1CSCCS1. The van der Waals surface area contributed by atoms with Gasteiger partial charge < -0.3 is 15.2 Å². The number of aliphatic carboxylic acids is 1. The van der Waals surface area contributed by atoms with Crippen molar-refractivity contribution in [1.82, 2.24) is 5.32 Å². The van der Waals surface area contributed by atoms with Gasteiger partial charge in [0, 0.05) is 35.5 Å². The third-order valence-electron chi connectivity index (χ3n) is 2.09. The Hall–Kier alpha value is -0.400. The quantitative estimate of drug-likeness (QED) is 0.659. The molecule has 17 heavy (non-hydrogen) atoms. The molecule has 0 aromatic heterocycles. The fourth-order valence-electron chi connectivity index (χ4n) is 1.36. The van der Waals surface area contributed by atoms with E-state index in [0.29, 0.717) is 18.2 Å². The lowest BCUT2D eigenvalue weighted by molar-refractivity contribution is -0.142. The monoisotopic (exact) mass is 279 g/mol. The summed E-state index contributed by atoms with van der Waals surface area (Å²) >= 11 is 3.74. The van der Waals surface area contributed by atoms with Gasteiger partial charge in [-0.15, -0.1) is 0 Å². The Morgan fingerprint density at radius 2 is 2.24 bits per heavy atom. The molecule has 1 rings (SSSR count). The molecule has 0 saturated carbocycles. The highest BCUT2D eigenvalue weighted by atomic mass is 32.2. The van der Waals surface area contributed by atoms with Crippen LogP contribution in [0, 0.1) is 0 Å². The van der Waals surface area contributed by atoms with E-state index < -0.39 is 5.97 Å². The topological polar surface area (TPSA) is 75.6 Å². The molecule has 7 heteroatoms. The van der Waals surface area contributed by atoms with Crippen LogP contribution in [0.4, 0.5) is 0 Å². The van der Waals surface area contributed by atoms with E-state index in [1.807, 2.05) is 23.5 Å². The fourth-order valence-corrected chi connectivity index (χ4v) is 4.04. The number of thioether (sulfide) groups is 2. The van der Waals surface area contributed by atoms with Gasteiger partial charge in [0.2, 0.25) is 5.91 Å². The minimum Gasteiger partial charge on any atom is -0.480 e. The standard InChI is InChI=1S/C10H17NO4S2/c12-9(5-8-7-16-3-4-17-8)11-1-2-15-6-10(13)14/h8H,1-7H2,(H,11,12)(H,13,14). The Balaban J connectivity index is 1.98. The number of carboxylic acids is 1. The molecule has 1 amide bonds. The molecular formula is C10H17NO4S2. The van der Waals surface area contributed by atoms with Gasteiger partial charge in [-0.2, -0.15) is 23.5 Å². The number of ether oxygens (including phenoxy) is 1. The van der Waals surface area contributed by atoms with E-state index >= 15 is 0 Å². The summed E-state index contributed by atoms with van der Waals surface area (Å²) in [6.45, 7) is 0.298. The maximum Gasteiger partial charge on any atom is 0.329 e. The van der Waals surface area contributed by atoms with E-state index in [1.54, 1.807) is 0 Å². The molecule has 1 fully saturated rings. The van der Waals surface area contributed by atoms with Crippen LogP contribution >= 0.6 is 23.5 Å². The minimum absolute atomic E-state index is 0.0175. The first kappa shape index (κ1) is 14.7. The number of carbonyl (C=O) groups is 2. The van der Waals surface area contributed by atoms with Gasteiger partial charge in [-0.05, 0) is 0 Å². The van der Waals surface area contributed by atoms with E-state index in [4.69, 9.17) is 9.84 Å². The molecule has 0 aliphatic carbocycles. The van der Waals surface area contributed by atoms with Gasteiger partial charge in [0.25, 0.3) is 0 Å². The van der Waals surface area contributed by atoms with E-state index in [9.17, 15) is 9.59 Å². The van der Waals surface area contributed by atoms with E-state index in [0.717, 1.165) is 11.5 Å². The predicted molar refractivity (Wildman–Crippen MR) is 69.7 cm³/mol. The summed E-state index contributed by atoms with van der Waals surface area (Å²) in [5, 5.41) is 11.5. The first-order valence-corrected chi connectivity index (χ1v) is 7.64. The van der Waals surface area contributed by atoms with Crippen molar-refractivity contribution in [2.75, 3.05) is 37.0 Å². The number of hydrogen-bond donors (Lipinski definition) is 2. The summed E-state index contributed by atoms with van der Waals surface area (Å²) in [6, 6.07) is 0. The summed E-state index contributed by atoms with van der Waals surface area (Å²) in [6.07, 6.45) is 0.538. The molecular weight excluding hydrogens is 262 g/mol. The fraction of sp³-hybridized carbons (Fsp3) is 0.800. The normalized spacial score (nSPS) is 19.9. The predicted octanol–water partition coefficient (Wildman–Crippen LogP) is 0.443. The van der Waals surface area contributed by atoms with Crippen LogP contribution in [0.25, 0.3) is 0 Å². The average molecular weight is 279 g/mol. The van der Waals surface area contributed by atoms with Crippen molar-refractivity contribution in [1.29, 1.82) is 0 Å². The Labute approximate surface area is 109 Å². The van der Waals surface area contributed by atoms with Crippen LogP contribution < -0.4 is 5.32 Å². The molecule has 0 bridgehead atoms. The molecule has 1 aliphatic heterocycles. The van der Waals surface area contributed by atoms with Crippen LogP contribution in [-0.2, 0) is 14.3 Å². The van der Waals surface area contributed by atoms with Gasteiger partial charge >= 0.3 is 5.97 Å². The Bertz CT molecular complexity index is 257. The van der Waals surface area contributed by atoms with Gasteiger partial charge in [0.05, 0.1) is 6.61 Å². The average Bonchev–Trinajstić information content (AvgIpc) is 2.29. The molecule has 0 radical (unpaired) electrons. The highest BCUT2D eigenvalue weighted by molar-refractivity contribution is 8.06. The van der Waals surface area contributed by atoms with E-state index in [1.165, 1.54) is 5.75 Å². The number of hydrogen-bond acceptors (Lipinski definition) is 5. The molecule has 1 unspecified atom stereocenters. The number of rotatable bonds is 7. The highest BCUT2D eigenvalue weighted by Gasteiger charge is 2.17. The summed E-state index contributed by atoms with van der Waals surface area (Å²) in [7, 11) is 0. The summed E-state index contributed by atoms with van der Waals surface area (Å²) in [4.78, 5) is 21.6. The molecule has 2 N–H and O–H groups in total. The third-order valence-corrected chi connectivity index (χ3v) is 4.94. The lowest BCUT2D eigenvalue weighted by Gasteiger charge is -2.20. The molecule has 98 valence electrons. The van der Waals surface area contributed by atoms with Crippen molar-refractivity contribution in [2.24, 2.45) is 0 Å². The lowest BCUT2D eigenvalue weighted by Crippen LogP contribution is -2.31. The number of amides is 1. The van der Waals surface area contributed by atoms with Gasteiger partial charge in [-0.25, -0.2) is 4.79 Å². The molecule has 0 spiro atoms. The van der Waals surface area contributed by atoms with Crippen LogP contribution in [0.5, 0.6) is 0 Å². The second-order valence-electron chi connectivity index (χ2n) is 3.57. The van der Waals surface area contributed by atoms with Crippen LogP contribution in [0.15, 0.2) is 0 Å². The molecule has 1 saturated heterocycles. The molecule has 0 aromatic rings. The number of nitrogens with one attached hydrogen (secondary N) is 1. The molecule has 0 aromatic carbocycles. The third kappa shape index (κ3) is 7.51. The van der Waals surface area contributed by atoms with Gasteiger partial charge in [-0.1, -0.05) is 0 Å². The first-order valence-electron chi connectivity index (χ1n) is 5.44. The molecule has 1 heterocycles. The van der Waals surface area contributed by atoms with Crippen LogP contribution in [0.3, 0.4) is 0 Å². The van der Waals surface area contributed by atoms with Crippen molar-refractivity contribution < 1.29 is 19.4 Å². The smallest absolute Gasteiger partial charge is 0.329 e. The van der Waals surface area contributed by atoms with E-state index in [2.05, 4.69) is 5.32 Å². The molecule has 5 nitrogen and oxygen atoms in total. The summed E-state index contributed by atoms with van der Waals surface area (Å²) in [5.74, 6) is 2.35. The van der Waals surface area contributed by atoms with Crippen LogP contribution in [-0.4, -0.2) is 59.3 Å². The minimum atomic E-state index is -0.994. The van der Waals surface area contributed by atoms with Crippen molar-refractivity contribution >= 4 is 35.4 Å². The van der Waals surface area contributed by atoms with Crippen molar-refractivity contribution in [3.05, 3.63) is 0 Å². The van der Waals surface area contributed by atoms with Gasteiger partial charge in [-0.3, -0.25) is 4.79 Å².